The van der Waals surface area contributed by atoms with E-state index in [2.05, 4.69) is 10.5 Å². The molecule has 0 radical (unpaired) electrons. The molecule has 0 saturated carbocycles. The summed E-state index contributed by atoms with van der Waals surface area (Å²) >= 11 is 0. The van der Waals surface area contributed by atoms with Crippen LogP contribution in [-0.2, 0) is 6.42 Å². The summed E-state index contributed by atoms with van der Waals surface area (Å²) in [7, 11) is 0. The molecular formula is C20H23N3O5. The van der Waals surface area contributed by atoms with Crippen LogP contribution >= 0.6 is 0 Å². The number of furan rings is 1. The number of hydrogen-bond acceptors (Lipinski definition) is 6. The second-order valence-electron chi connectivity index (χ2n) is 8.11. The highest BCUT2D eigenvalue weighted by Crippen LogP contribution is 2.39. The summed E-state index contributed by atoms with van der Waals surface area (Å²) in [5.41, 5.74) is 2.81. The number of rotatable bonds is 3. The zero-order valence-electron chi connectivity index (χ0n) is 16.5. The van der Waals surface area contributed by atoms with Crippen LogP contribution in [0.5, 0.6) is 0 Å². The molecule has 0 aliphatic heterocycles. The maximum absolute atomic E-state index is 12.9. The molecule has 0 spiro atoms. The predicted octanol–water partition coefficient (Wildman–Crippen LogP) is 4.52. The van der Waals surface area contributed by atoms with Gasteiger partial charge in [-0.15, -0.1) is 0 Å². The van der Waals surface area contributed by atoms with Gasteiger partial charge in [-0.1, -0.05) is 25.1 Å². The number of hydrogen-bond donors (Lipinski definition) is 2. The minimum absolute atomic E-state index is 0.0677. The van der Waals surface area contributed by atoms with Crippen molar-refractivity contribution in [3.8, 4) is 0 Å². The van der Waals surface area contributed by atoms with Gasteiger partial charge in [-0.2, -0.15) is 0 Å². The monoisotopic (exact) mass is 385 g/mol. The van der Waals surface area contributed by atoms with Gasteiger partial charge >= 0.3 is 0 Å². The number of amides is 1. The molecule has 8 heteroatoms. The van der Waals surface area contributed by atoms with Gasteiger partial charge < -0.3 is 14.9 Å². The van der Waals surface area contributed by atoms with Crippen molar-refractivity contribution < 1.29 is 19.3 Å². The Labute approximate surface area is 162 Å². The van der Waals surface area contributed by atoms with E-state index in [1.54, 1.807) is 26.8 Å². The van der Waals surface area contributed by atoms with Crippen molar-refractivity contribution in [1.29, 1.82) is 0 Å². The molecule has 28 heavy (non-hydrogen) atoms. The first-order valence-electron chi connectivity index (χ1n) is 8.94. The van der Waals surface area contributed by atoms with E-state index in [9.17, 15) is 20.1 Å². The molecule has 2 N–H and O–H groups in total. The maximum atomic E-state index is 12.9. The average Bonchev–Trinajstić information content (AvgIpc) is 2.91. The number of carbonyl (C=O) groups excluding carboxylic acids is 1. The molecule has 3 rings (SSSR count). The van der Waals surface area contributed by atoms with E-state index < -0.39 is 10.8 Å². The van der Waals surface area contributed by atoms with Gasteiger partial charge in [-0.3, -0.25) is 14.9 Å². The zero-order valence-corrected chi connectivity index (χ0v) is 16.5. The number of nitrogens with one attached hydrogen (secondary N) is 1. The van der Waals surface area contributed by atoms with E-state index in [1.165, 1.54) is 6.07 Å². The first-order chi connectivity index (χ1) is 13.0. The highest BCUT2D eigenvalue weighted by Gasteiger charge is 2.36. The van der Waals surface area contributed by atoms with Crippen LogP contribution in [0.1, 0.15) is 58.8 Å². The van der Waals surface area contributed by atoms with Gasteiger partial charge in [0, 0.05) is 23.6 Å². The highest BCUT2D eigenvalue weighted by molar-refractivity contribution is 6.10. The molecule has 1 aliphatic carbocycles. The number of benzene rings is 1. The van der Waals surface area contributed by atoms with Gasteiger partial charge in [-0.25, -0.2) is 0 Å². The standard InChI is InChI=1S/C20H23N3O5/c1-10-6-11(2)17(14(7-10)23(26)27)21-19(24)18-12(3)16-13(22-25)8-20(4,5)9-15(16)28-18/h6-7,25H,8-9H2,1-5H3,(H,21,24)/b22-13-. The van der Waals surface area contributed by atoms with E-state index in [-0.39, 0.29) is 22.6 Å². The lowest BCUT2D eigenvalue weighted by Gasteiger charge is -2.28. The fourth-order valence-corrected chi connectivity index (χ4v) is 3.84. The molecule has 1 aromatic heterocycles. The Kier molecular flexibility index (Phi) is 4.74. The van der Waals surface area contributed by atoms with Gasteiger partial charge in [-0.05, 0) is 43.7 Å². The lowest BCUT2D eigenvalue weighted by atomic mass is 9.75. The normalized spacial score (nSPS) is 16.7. The van der Waals surface area contributed by atoms with Crippen molar-refractivity contribution in [2.45, 2.75) is 47.5 Å². The molecule has 1 aromatic carbocycles. The SMILES string of the molecule is Cc1cc(C)c(NC(=O)c2oc3c(c2C)/C(=N\O)CC(C)(C)C3)c([N+](=O)[O-])c1. The van der Waals surface area contributed by atoms with Crippen LogP contribution in [0.4, 0.5) is 11.4 Å². The van der Waals surface area contributed by atoms with Crippen molar-refractivity contribution >= 4 is 23.0 Å². The third-order valence-corrected chi connectivity index (χ3v) is 5.01. The number of anilines is 1. The highest BCUT2D eigenvalue weighted by atomic mass is 16.6. The number of nitro groups is 1. The first-order valence-corrected chi connectivity index (χ1v) is 8.94. The van der Waals surface area contributed by atoms with E-state index >= 15 is 0 Å². The Morgan fingerprint density at radius 3 is 2.57 bits per heavy atom. The van der Waals surface area contributed by atoms with E-state index in [4.69, 9.17) is 4.42 Å². The van der Waals surface area contributed by atoms with Gasteiger partial charge in [0.1, 0.15) is 11.4 Å². The van der Waals surface area contributed by atoms with Gasteiger partial charge in [0.2, 0.25) is 0 Å². The lowest BCUT2D eigenvalue weighted by molar-refractivity contribution is -0.384. The molecule has 2 aromatic rings. The number of nitrogens with zero attached hydrogens (tertiary/aromatic N) is 2. The van der Waals surface area contributed by atoms with E-state index in [1.807, 2.05) is 13.8 Å². The Morgan fingerprint density at radius 1 is 1.29 bits per heavy atom. The quantitative estimate of drug-likeness (QED) is 0.458. The summed E-state index contributed by atoms with van der Waals surface area (Å²) in [6.07, 6.45) is 1.15. The van der Waals surface area contributed by atoms with Crippen molar-refractivity contribution in [1.82, 2.24) is 0 Å². The minimum Gasteiger partial charge on any atom is -0.455 e. The van der Waals surface area contributed by atoms with E-state index in [0.717, 1.165) is 5.56 Å². The molecule has 0 unspecified atom stereocenters. The average molecular weight is 385 g/mol. The van der Waals surface area contributed by atoms with Gasteiger partial charge in [0.05, 0.1) is 10.6 Å². The molecule has 1 heterocycles. The summed E-state index contributed by atoms with van der Waals surface area (Å²) in [5, 5.41) is 26.8. The Balaban J connectivity index is 2.03. The van der Waals surface area contributed by atoms with Crippen molar-refractivity contribution in [2.24, 2.45) is 10.6 Å². The molecule has 8 nitrogen and oxygen atoms in total. The minimum atomic E-state index is -0.572. The second kappa shape index (κ2) is 6.78. The zero-order chi connectivity index (χ0) is 20.8. The van der Waals surface area contributed by atoms with Gasteiger partial charge in [0.15, 0.2) is 5.76 Å². The molecule has 0 saturated heterocycles. The molecule has 1 aliphatic rings. The molecule has 0 atom stereocenters. The van der Waals surface area contributed by atoms with Crippen molar-refractivity contribution in [3.63, 3.8) is 0 Å². The number of oxime groups is 1. The topological polar surface area (TPSA) is 118 Å². The summed E-state index contributed by atoms with van der Waals surface area (Å²) in [6, 6.07) is 3.18. The van der Waals surface area contributed by atoms with E-state index in [0.29, 0.717) is 41.0 Å². The smallest absolute Gasteiger partial charge is 0.293 e. The number of nitro benzene ring substituents is 1. The van der Waals surface area contributed by atoms with Crippen LogP contribution in [0.25, 0.3) is 0 Å². The van der Waals surface area contributed by atoms with Crippen LogP contribution in [0.3, 0.4) is 0 Å². The predicted molar refractivity (Wildman–Crippen MR) is 104 cm³/mol. The maximum Gasteiger partial charge on any atom is 0.293 e. The second-order valence-corrected chi connectivity index (χ2v) is 8.11. The third-order valence-electron chi connectivity index (χ3n) is 5.01. The number of aryl methyl sites for hydroxylation is 2. The summed E-state index contributed by atoms with van der Waals surface area (Å²) in [5.74, 6) is 0.0806. The molecule has 0 fully saturated rings. The summed E-state index contributed by atoms with van der Waals surface area (Å²) in [6.45, 7) is 9.23. The molecule has 1 amide bonds. The Bertz CT molecular complexity index is 1020. The van der Waals surface area contributed by atoms with Crippen LogP contribution in [-0.4, -0.2) is 21.7 Å². The Hall–Kier alpha value is -3.16. The van der Waals surface area contributed by atoms with Gasteiger partial charge in [0.25, 0.3) is 11.6 Å². The van der Waals surface area contributed by atoms with Crippen LogP contribution in [0.2, 0.25) is 0 Å². The fourth-order valence-electron chi connectivity index (χ4n) is 3.84. The molecule has 0 bridgehead atoms. The molecule has 148 valence electrons. The number of fused-ring (bicyclic) bond motifs is 1. The van der Waals surface area contributed by atoms with Crippen LogP contribution in [0.15, 0.2) is 21.7 Å². The Morgan fingerprint density at radius 2 is 1.96 bits per heavy atom. The summed E-state index contributed by atoms with van der Waals surface area (Å²) in [4.78, 5) is 23.8. The fraction of sp³-hybridized carbons (Fsp3) is 0.400. The van der Waals surface area contributed by atoms with Crippen molar-refractivity contribution in [2.75, 3.05) is 5.32 Å². The van der Waals surface area contributed by atoms with Crippen LogP contribution < -0.4 is 5.32 Å². The first kappa shape index (κ1) is 19.6. The number of carbonyl (C=O) groups is 1. The van der Waals surface area contributed by atoms with Crippen molar-refractivity contribution in [3.05, 3.63) is 56.0 Å². The lowest BCUT2D eigenvalue weighted by Crippen LogP contribution is -2.27. The van der Waals surface area contributed by atoms with Crippen LogP contribution in [0, 0.1) is 36.3 Å². The summed E-state index contributed by atoms with van der Waals surface area (Å²) < 4.78 is 5.83. The molecular weight excluding hydrogens is 362 g/mol. The largest absolute Gasteiger partial charge is 0.455 e. The third kappa shape index (κ3) is 3.37.